The number of carbonyl (C=O) groups excluding carboxylic acids is 1. The summed E-state index contributed by atoms with van der Waals surface area (Å²) in [6.07, 6.45) is 54.1. The SMILES string of the molecule is CC/C=C\C/C=C\C/C=C\C/C=C\C/C=C\CCCCCC(=O)OCC(COP(=O)([O-])OCC[N+](C)(C)C)O/C=C\CCCCCCCC/C=C\CCCCCC. The van der Waals surface area contributed by atoms with Crippen molar-refractivity contribution in [1.29, 1.82) is 0 Å². The number of phosphoric acid groups is 1. The number of unbranched alkanes of at least 4 members (excludes halogenated alkanes) is 14. The van der Waals surface area contributed by atoms with Gasteiger partial charge in [-0.1, -0.05) is 138 Å². The van der Waals surface area contributed by atoms with E-state index in [9.17, 15) is 14.3 Å². The first-order valence-corrected chi connectivity index (χ1v) is 23.8. The fourth-order valence-corrected chi connectivity index (χ4v) is 6.22. The Morgan fingerprint density at radius 3 is 1.56 bits per heavy atom. The van der Waals surface area contributed by atoms with Crippen LogP contribution >= 0.6 is 7.82 Å². The van der Waals surface area contributed by atoms with Gasteiger partial charge in [-0.2, -0.15) is 0 Å². The molecule has 0 aliphatic rings. The molecule has 57 heavy (non-hydrogen) atoms. The Labute approximate surface area is 350 Å². The zero-order chi connectivity index (χ0) is 42.0. The molecule has 0 spiro atoms. The summed E-state index contributed by atoms with van der Waals surface area (Å²) in [5, 5.41) is 0. The van der Waals surface area contributed by atoms with E-state index >= 15 is 0 Å². The molecule has 0 bridgehead atoms. The highest BCUT2D eigenvalue weighted by Gasteiger charge is 2.19. The van der Waals surface area contributed by atoms with E-state index < -0.39 is 13.9 Å². The Hall–Kier alpha value is -2.48. The van der Waals surface area contributed by atoms with Crippen molar-refractivity contribution < 1.29 is 37.3 Å². The summed E-state index contributed by atoms with van der Waals surface area (Å²) in [5.74, 6) is -0.328. The monoisotopic (exact) mass is 818 g/mol. The Kier molecular flexibility index (Phi) is 38.6. The molecule has 2 unspecified atom stereocenters. The number of allylic oxidation sites excluding steroid dienone is 13. The lowest BCUT2D eigenvalue weighted by atomic mass is 10.1. The van der Waals surface area contributed by atoms with Crippen molar-refractivity contribution in [3.8, 4) is 0 Å². The van der Waals surface area contributed by atoms with Crippen molar-refractivity contribution in [2.45, 2.75) is 168 Å². The van der Waals surface area contributed by atoms with Crippen LogP contribution in [0.25, 0.3) is 0 Å². The van der Waals surface area contributed by atoms with Crippen molar-refractivity contribution in [2.24, 2.45) is 0 Å². The molecule has 0 aromatic heterocycles. The Morgan fingerprint density at radius 2 is 1.04 bits per heavy atom. The largest absolute Gasteiger partial charge is 0.756 e. The van der Waals surface area contributed by atoms with E-state index in [0.29, 0.717) is 17.4 Å². The molecule has 0 heterocycles. The van der Waals surface area contributed by atoms with Gasteiger partial charge in [-0.15, -0.1) is 0 Å². The third-order valence-corrected chi connectivity index (χ3v) is 9.98. The molecule has 0 aliphatic carbocycles. The van der Waals surface area contributed by atoms with Crippen LogP contribution in [-0.2, 0) is 27.9 Å². The number of nitrogens with zero attached hydrogens (tertiary/aromatic N) is 1. The summed E-state index contributed by atoms with van der Waals surface area (Å²) in [7, 11) is 1.32. The smallest absolute Gasteiger partial charge is 0.305 e. The number of esters is 1. The number of likely N-dealkylation sites (N-methyl/N-ethyl adjacent to an activating group) is 1. The minimum absolute atomic E-state index is 0.0159. The van der Waals surface area contributed by atoms with Gasteiger partial charge in [-0.3, -0.25) is 9.36 Å². The van der Waals surface area contributed by atoms with Crippen molar-refractivity contribution >= 4 is 13.8 Å². The quantitative estimate of drug-likeness (QED) is 0.0152. The van der Waals surface area contributed by atoms with Crippen LogP contribution in [0.3, 0.4) is 0 Å². The maximum absolute atomic E-state index is 12.5. The summed E-state index contributed by atoms with van der Waals surface area (Å²) >= 11 is 0. The van der Waals surface area contributed by atoms with Crippen LogP contribution in [0.4, 0.5) is 0 Å². The van der Waals surface area contributed by atoms with E-state index in [4.69, 9.17) is 18.5 Å². The predicted octanol–water partition coefficient (Wildman–Crippen LogP) is 13.0. The standard InChI is InChI=1S/C48H84NO7P/c1-6-8-10-12-14-16-18-20-22-24-25-26-27-29-31-33-35-37-39-41-48(50)54-45-47(46-56-57(51,52)55-44-42-49(3,4)5)53-43-40-38-36-34-32-30-28-23-21-19-17-15-13-11-9-7-2/h8,10,14,16-17,19-20,22,25-26,29,31,40,43,47H,6-7,9,11-13,15,18,21,23-24,27-28,30,32-39,41-42,44-46H2,1-5H3/b10-8-,16-14-,19-17-,22-20-,26-25-,31-29-,43-40-. The first-order valence-electron chi connectivity index (χ1n) is 22.4. The van der Waals surface area contributed by atoms with E-state index in [1.807, 2.05) is 27.2 Å². The van der Waals surface area contributed by atoms with Crippen LogP contribution in [0.1, 0.15) is 162 Å². The van der Waals surface area contributed by atoms with Gasteiger partial charge in [0.1, 0.15) is 19.8 Å². The van der Waals surface area contributed by atoms with Crippen LogP contribution in [-0.4, -0.2) is 64.1 Å². The van der Waals surface area contributed by atoms with Gasteiger partial charge in [0.25, 0.3) is 7.82 Å². The molecular weight excluding hydrogens is 734 g/mol. The summed E-state index contributed by atoms with van der Waals surface area (Å²) < 4.78 is 34.3. The molecular formula is C48H84NO7P. The lowest BCUT2D eigenvalue weighted by molar-refractivity contribution is -0.870. The van der Waals surface area contributed by atoms with Crippen molar-refractivity contribution in [1.82, 2.24) is 0 Å². The number of phosphoric ester groups is 1. The highest BCUT2D eigenvalue weighted by Crippen LogP contribution is 2.38. The minimum atomic E-state index is -4.53. The lowest BCUT2D eigenvalue weighted by Gasteiger charge is -2.28. The van der Waals surface area contributed by atoms with E-state index in [1.54, 1.807) is 6.26 Å². The molecule has 0 aliphatic heterocycles. The van der Waals surface area contributed by atoms with Crippen molar-refractivity contribution in [3.63, 3.8) is 0 Å². The number of hydrogen-bond donors (Lipinski definition) is 0. The average Bonchev–Trinajstić information content (AvgIpc) is 3.17. The summed E-state index contributed by atoms with van der Waals surface area (Å²) in [6.45, 7) is 4.52. The molecule has 2 atom stereocenters. The lowest BCUT2D eigenvalue weighted by Crippen LogP contribution is -2.37. The molecule has 8 nitrogen and oxygen atoms in total. The van der Waals surface area contributed by atoms with Gasteiger partial charge in [0.2, 0.25) is 0 Å². The fourth-order valence-electron chi connectivity index (χ4n) is 5.49. The second-order valence-corrected chi connectivity index (χ2v) is 17.1. The summed E-state index contributed by atoms with van der Waals surface area (Å²) in [4.78, 5) is 24.9. The molecule has 0 saturated carbocycles. The summed E-state index contributed by atoms with van der Waals surface area (Å²) in [5.41, 5.74) is 0. The highest BCUT2D eigenvalue weighted by molar-refractivity contribution is 7.45. The molecule has 0 radical (unpaired) electrons. The van der Waals surface area contributed by atoms with Crippen LogP contribution < -0.4 is 4.89 Å². The second-order valence-electron chi connectivity index (χ2n) is 15.7. The first kappa shape index (κ1) is 54.5. The topological polar surface area (TPSA) is 94.1 Å². The van der Waals surface area contributed by atoms with Crippen molar-refractivity contribution in [3.05, 3.63) is 85.3 Å². The fraction of sp³-hybridized carbons (Fsp3) is 0.688. The molecule has 0 rings (SSSR count). The average molecular weight is 818 g/mol. The molecule has 0 aromatic carbocycles. The maximum Gasteiger partial charge on any atom is 0.305 e. The van der Waals surface area contributed by atoms with Crippen LogP contribution in [0, 0.1) is 0 Å². The maximum atomic E-state index is 12.5. The zero-order valence-electron chi connectivity index (χ0n) is 37.0. The molecule has 0 amide bonds. The number of hydrogen-bond acceptors (Lipinski definition) is 7. The predicted molar refractivity (Wildman–Crippen MR) is 240 cm³/mol. The Bertz CT molecular complexity index is 1180. The molecule has 0 N–H and O–H groups in total. The number of quaternary nitrogens is 1. The van der Waals surface area contributed by atoms with Crippen LogP contribution in [0.5, 0.6) is 0 Å². The second kappa shape index (κ2) is 40.3. The normalized spacial score (nSPS) is 14.5. The molecule has 9 heteroatoms. The van der Waals surface area contributed by atoms with Gasteiger partial charge in [-0.25, -0.2) is 0 Å². The number of ether oxygens (including phenoxy) is 2. The molecule has 328 valence electrons. The van der Waals surface area contributed by atoms with Gasteiger partial charge in [0.05, 0.1) is 34.0 Å². The number of carbonyl (C=O) groups is 1. The van der Waals surface area contributed by atoms with E-state index in [1.165, 1.54) is 64.2 Å². The third kappa shape index (κ3) is 44.5. The van der Waals surface area contributed by atoms with E-state index in [2.05, 4.69) is 86.8 Å². The third-order valence-electron chi connectivity index (χ3n) is 9.02. The molecule has 0 fully saturated rings. The van der Waals surface area contributed by atoms with E-state index in [0.717, 1.165) is 77.0 Å². The first-order chi connectivity index (χ1) is 27.6. The van der Waals surface area contributed by atoms with Crippen molar-refractivity contribution in [2.75, 3.05) is 47.5 Å². The number of rotatable bonds is 40. The summed E-state index contributed by atoms with van der Waals surface area (Å²) in [6, 6.07) is 0. The van der Waals surface area contributed by atoms with Gasteiger partial charge in [0.15, 0.2) is 6.10 Å². The van der Waals surface area contributed by atoms with Crippen LogP contribution in [0.2, 0.25) is 0 Å². The van der Waals surface area contributed by atoms with Gasteiger partial charge < -0.3 is 27.9 Å². The van der Waals surface area contributed by atoms with Gasteiger partial charge >= 0.3 is 5.97 Å². The molecule has 0 aromatic rings. The van der Waals surface area contributed by atoms with E-state index in [-0.39, 0.29) is 25.8 Å². The highest BCUT2D eigenvalue weighted by atomic mass is 31.2. The zero-order valence-corrected chi connectivity index (χ0v) is 37.9. The molecule has 0 saturated heterocycles. The van der Waals surface area contributed by atoms with Crippen LogP contribution in [0.15, 0.2) is 85.3 Å². The van der Waals surface area contributed by atoms with Gasteiger partial charge in [0, 0.05) is 6.42 Å². The van der Waals surface area contributed by atoms with Gasteiger partial charge in [-0.05, 0) is 96.0 Å². The minimum Gasteiger partial charge on any atom is -0.756 e. The Balaban J connectivity index is 4.37. The Morgan fingerprint density at radius 1 is 0.579 bits per heavy atom.